The van der Waals surface area contributed by atoms with Gasteiger partial charge in [-0.05, 0) is 37.6 Å². The van der Waals surface area contributed by atoms with Crippen molar-refractivity contribution < 1.29 is 4.74 Å². The molecule has 5 heteroatoms. The van der Waals surface area contributed by atoms with Crippen molar-refractivity contribution in [2.45, 2.75) is 45.4 Å². The van der Waals surface area contributed by atoms with Gasteiger partial charge in [-0.25, -0.2) is 0 Å². The van der Waals surface area contributed by atoms with Crippen LogP contribution in [0, 0.1) is 5.41 Å². The highest BCUT2D eigenvalue weighted by atomic mass is 16.5. The Labute approximate surface area is 129 Å². The van der Waals surface area contributed by atoms with Gasteiger partial charge in [-0.3, -0.25) is 9.89 Å². The summed E-state index contributed by atoms with van der Waals surface area (Å²) >= 11 is 0. The molecule has 0 aromatic rings. The molecule has 122 valence electrons. The van der Waals surface area contributed by atoms with Crippen LogP contribution in [0.3, 0.4) is 0 Å². The van der Waals surface area contributed by atoms with Gasteiger partial charge in [-0.2, -0.15) is 0 Å². The highest BCUT2D eigenvalue weighted by Gasteiger charge is 2.35. The fraction of sp³-hybridized carbons (Fsp3) is 0.938. The molecule has 0 bridgehead atoms. The molecule has 2 aliphatic rings. The molecule has 1 saturated heterocycles. The predicted octanol–water partition coefficient (Wildman–Crippen LogP) is 1.58. The van der Waals surface area contributed by atoms with Gasteiger partial charge in [0.2, 0.25) is 0 Å². The molecule has 1 heterocycles. The van der Waals surface area contributed by atoms with Gasteiger partial charge >= 0.3 is 0 Å². The number of nitrogens with zero attached hydrogens (tertiary/aromatic N) is 2. The van der Waals surface area contributed by atoms with E-state index in [9.17, 15) is 0 Å². The second kappa shape index (κ2) is 8.59. The summed E-state index contributed by atoms with van der Waals surface area (Å²) in [6, 6.07) is 0. The Kier molecular flexibility index (Phi) is 6.77. The number of guanidine groups is 1. The standard InChI is InChI=1S/C16H32N4O/c1-2-5-16(6-3-7-16)14-19-15(17)18-8-4-9-20-10-12-21-13-11-20/h2-14H2,1H3,(H3,17,18,19). The molecule has 0 spiro atoms. The second-order valence-electron chi connectivity index (χ2n) is 6.54. The maximum atomic E-state index is 5.98. The van der Waals surface area contributed by atoms with Gasteiger partial charge in [-0.15, -0.1) is 0 Å². The fourth-order valence-corrected chi connectivity index (χ4v) is 3.35. The average molecular weight is 296 g/mol. The lowest BCUT2D eigenvalue weighted by molar-refractivity contribution is 0.0376. The molecular weight excluding hydrogens is 264 g/mol. The third kappa shape index (κ3) is 5.47. The van der Waals surface area contributed by atoms with Crippen LogP contribution in [-0.4, -0.2) is 56.8 Å². The van der Waals surface area contributed by atoms with Crippen LogP contribution in [0.25, 0.3) is 0 Å². The van der Waals surface area contributed by atoms with E-state index in [4.69, 9.17) is 10.5 Å². The van der Waals surface area contributed by atoms with Gasteiger partial charge in [0, 0.05) is 26.2 Å². The summed E-state index contributed by atoms with van der Waals surface area (Å²) in [5.41, 5.74) is 6.45. The molecule has 1 aliphatic heterocycles. The predicted molar refractivity (Wildman–Crippen MR) is 87.6 cm³/mol. The van der Waals surface area contributed by atoms with Crippen molar-refractivity contribution in [1.82, 2.24) is 10.2 Å². The second-order valence-corrected chi connectivity index (χ2v) is 6.54. The Morgan fingerprint density at radius 1 is 1.33 bits per heavy atom. The fourth-order valence-electron chi connectivity index (χ4n) is 3.35. The first-order valence-corrected chi connectivity index (χ1v) is 8.58. The van der Waals surface area contributed by atoms with Crippen LogP contribution < -0.4 is 11.1 Å². The van der Waals surface area contributed by atoms with E-state index in [1.54, 1.807) is 0 Å². The molecule has 2 fully saturated rings. The van der Waals surface area contributed by atoms with Crippen molar-refractivity contribution in [2.24, 2.45) is 16.1 Å². The van der Waals surface area contributed by atoms with E-state index in [2.05, 4.69) is 22.1 Å². The molecule has 0 radical (unpaired) electrons. The summed E-state index contributed by atoms with van der Waals surface area (Å²) in [5, 5.41) is 3.25. The molecule has 0 aromatic heterocycles. The summed E-state index contributed by atoms with van der Waals surface area (Å²) in [6.45, 7) is 9.05. The first kappa shape index (κ1) is 16.6. The van der Waals surface area contributed by atoms with Gasteiger partial charge in [0.15, 0.2) is 5.96 Å². The molecule has 0 aromatic carbocycles. The van der Waals surface area contributed by atoms with Crippen LogP contribution in [0.5, 0.6) is 0 Å². The van der Waals surface area contributed by atoms with Crippen LogP contribution in [0.4, 0.5) is 0 Å². The van der Waals surface area contributed by atoms with Crippen LogP contribution in [0.2, 0.25) is 0 Å². The lowest BCUT2D eigenvalue weighted by Gasteiger charge is -2.40. The Hall–Kier alpha value is -0.810. The summed E-state index contributed by atoms with van der Waals surface area (Å²) in [7, 11) is 0. The van der Waals surface area contributed by atoms with E-state index in [-0.39, 0.29) is 0 Å². The number of nitrogens with two attached hydrogens (primary N) is 1. The Morgan fingerprint density at radius 3 is 2.71 bits per heavy atom. The van der Waals surface area contributed by atoms with Crippen molar-refractivity contribution in [3.63, 3.8) is 0 Å². The maximum Gasteiger partial charge on any atom is 0.188 e. The Morgan fingerprint density at radius 2 is 2.10 bits per heavy atom. The summed E-state index contributed by atoms with van der Waals surface area (Å²) in [4.78, 5) is 7.02. The molecule has 0 atom stereocenters. The number of aliphatic imine (C=N–C) groups is 1. The number of rotatable bonds is 8. The zero-order valence-corrected chi connectivity index (χ0v) is 13.6. The van der Waals surface area contributed by atoms with Crippen molar-refractivity contribution in [1.29, 1.82) is 0 Å². The van der Waals surface area contributed by atoms with Crippen LogP contribution in [-0.2, 0) is 4.74 Å². The van der Waals surface area contributed by atoms with E-state index < -0.39 is 0 Å². The maximum absolute atomic E-state index is 5.98. The van der Waals surface area contributed by atoms with Crippen LogP contribution in [0.1, 0.15) is 45.4 Å². The van der Waals surface area contributed by atoms with Gasteiger partial charge in [0.1, 0.15) is 0 Å². The number of hydrogen-bond acceptors (Lipinski definition) is 3. The minimum atomic E-state index is 0.467. The van der Waals surface area contributed by atoms with Crippen molar-refractivity contribution >= 4 is 5.96 Å². The first-order valence-electron chi connectivity index (χ1n) is 8.58. The third-order valence-corrected chi connectivity index (χ3v) is 4.84. The lowest BCUT2D eigenvalue weighted by Crippen LogP contribution is -2.40. The number of ether oxygens (including phenoxy) is 1. The zero-order valence-electron chi connectivity index (χ0n) is 13.6. The average Bonchev–Trinajstić information content (AvgIpc) is 2.47. The minimum absolute atomic E-state index is 0.467. The lowest BCUT2D eigenvalue weighted by atomic mass is 9.66. The molecule has 3 N–H and O–H groups in total. The van der Waals surface area contributed by atoms with Crippen LogP contribution in [0.15, 0.2) is 4.99 Å². The quantitative estimate of drug-likeness (QED) is 0.405. The van der Waals surface area contributed by atoms with E-state index >= 15 is 0 Å². The molecular formula is C16H32N4O. The van der Waals surface area contributed by atoms with Crippen molar-refractivity contribution in [2.75, 3.05) is 45.9 Å². The topological polar surface area (TPSA) is 62.9 Å². The van der Waals surface area contributed by atoms with Crippen molar-refractivity contribution in [3.05, 3.63) is 0 Å². The minimum Gasteiger partial charge on any atom is -0.379 e. The third-order valence-electron chi connectivity index (χ3n) is 4.84. The smallest absolute Gasteiger partial charge is 0.188 e. The highest BCUT2D eigenvalue weighted by molar-refractivity contribution is 5.77. The number of hydrogen-bond donors (Lipinski definition) is 2. The Bertz CT molecular complexity index is 322. The zero-order chi connectivity index (χ0) is 15.0. The first-order chi connectivity index (χ1) is 10.2. The van der Waals surface area contributed by atoms with Gasteiger partial charge < -0.3 is 15.8 Å². The van der Waals surface area contributed by atoms with E-state index in [0.29, 0.717) is 11.4 Å². The molecule has 1 saturated carbocycles. The monoisotopic (exact) mass is 296 g/mol. The van der Waals surface area contributed by atoms with Gasteiger partial charge in [-0.1, -0.05) is 19.8 Å². The molecule has 0 amide bonds. The SMILES string of the molecule is CCCC1(CN=C(N)NCCCN2CCOCC2)CCC1. The summed E-state index contributed by atoms with van der Waals surface area (Å²) < 4.78 is 5.35. The summed E-state index contributed by atoms with van der Waals surface area (Å²) in [5.74, 6) is 0.624. The van der Waals surface area contributed by atoms with Crippen molar-refractivity contribution in [3.8, 4) is 0 Å². The van der Waals surface area contributed by atoms with Gasteiger partial charge in [0.05, 0.1) is 13.2 Å². The number of nitrogens with one attached hydrogen (secondary N) is 1. The normalized spacial score (nSPS) is 22.8. The molecule has 2 rings (SSSR count). The molecule has 0 unspecified atom stereocenters. The van der Waals surface area contributed by atoms with E-state index in [1.165, 1.54) is 32.1 Å². The number of morpholine rings is 1. The Balaban J connectivity index is 1.57. The highest BCUT2D eigenvalue weighted by Crippen LogP contribution is 2.44. The van der Waals surface area contributed by atoms with Gasteiger partial charge in [0.25, 0.3) is 0 Å². The summed E-state index contributed by atoms with van der Waals surface area (Å²) in [6.07, 6.45) is 7.67. The molecule has 21 heavy (non-hydrogen) atoms. The van der Waals surface area contributed by atoms with E-state index in [0.717, 1.165) is 52.4 Å². The molecule has 1 aliphatic carbocycles. The molecule has 5 nitrogen and oxygen atoms in total. The largest absolute Gasteiger partial charge is 0.379 e. The van der Waals surface area contributed by atoms with E-state index in [1.807, 2.05) is 0 Å². The van der Waals surface area contributed by atoms with Crippen LogP contribution >= 0.6 is 0 Å².